The van der Waals surface area contributed by atoms with Crippen LogP contribution in [-0.4, -0.2) is 238 Å². The van der Waals surface area contributed by atoms with Crippen LogP contribution in [0, 0.1) is 0 Å². The monoisotopic (exact) mass is 920 g/mol. The van der Waals surface area contributed by atoms with Crippen molar-refractivity contribution >= 4 is 0 Å². The maximum atomic E-state index is 11.8. The fourth-order valence-electron chi connectivity index (χ4n) is 7.62. The van der Waals surface area contributed by atoms with Crippen molar-refractivity contribution in [2.24, 2.45) is 11.5 Å². The standard InChI is InChI=1S/C40H76N2O21/c1-34(2,3)54-14-22-26(45)30(49)37(18-43,59-22)56-16-23-27(46)31(50)39(61-23,57-17-24-28(47)32(51)40(62-24,20-52-12-10-41)63-36(7,8)9)21-58-38(19-44)33(53-13-11-42)29(48)25(60-38)15-55-35(4,5)6/h22-33,43-51H,10-21,41-42H2,1-9H3. The fourth-order valence-corrected chi connectivity index (χ4v) is 7.62. The van der Waals surface area contributed by atoms with Crippen LogP contribution in [-0.2, 0) is 56.8 Å². The van der Waals surface area contributed by atoms with E-state index >= 15 is 0 Å². The summed E-state index contributed by atoms with van der Waals surface area (Å²) in [4.78, 5) is 0. The van der Waals surface area contributed by atoms with Crippen molar-refractivity contribution in [2.45, 2.75) is 176 Å². The van der Waals surface area contributed by atoms with Crippen molar-refractivity contribution in [3.8, 4) is 0 Å². The van der Waals surface area contributed by atoms with Crippen molar-refractivity contribution < 1.29 is 103 Å². The highest BCUT2D eigenvalue weighted by Crippen LogP contribution is 2.43. The molecule has 4 fully saturated rings. The summed E-state index contributed by atoms with van der Waals surface area (Å²) in [5, 5.41) is 101. The molecule has 63 heavy (non-hydrogen) atoms. The first-order chi connectivity index (χ1) is 29.2. The van der Waals surface area contributed by atoms with Gasteiger partial charge in [-0.1, -0.05) is 0 Å². The van der Waals surface area contributed by atoms with Crippen LogP contribution in [0.5, 0.6) is 0 Å². The molecule has 0 bridgehead atoms. The van der Waals surface area contributed by atoms with Gasteiger partial charge in [0.25, 0.3) is 0 Å². The third-order valence-electron chi connectivity index (χ3n) is 10.8. The van der Waals surface area contributed by atoms with Gasteiger partial charge in [-0.3, -0.25) is 0 Å². The molecule has 4 saturated heterocycles. The molecule has 0 aromatic heterocycles. The van der Waals surface area contributed by atoms with Crippen LogP contribution >= 0.6 is 0 Å². The first-order valence-electron chi connectivity index (χ1n) is 21.4. The summed E-state index contributed by atoms with van der Waals surface area (Å²) in [6, 6.07) is 0. The van der Waals surface area contributed by atoms with E-state index in [4.69, 9.17) is 68.3 Å². The molecule has 0 aliphatic carbocycles. The van der Waals surface area contributed by atoms with Gasteiger partial charge in [0, 0.05) is 13.1 Å². The molecule has 0 amide bonds. The molecule has 23 heteroatoms. The second-order valence-corrected chi connectivity index (χ2v) is 19.4. The van der Waals surface area contributed by atoms with E-state index in [1.807, 2.05) is 0 Å². The van der Waals surface area contributed by atoms with Crippen molar-refractivity contribution in [1.29, 1.82) is 0 Å². The molecule has 0 spiro atoms. The Morgan fingerprint density at radius 3 is 1.37 bits per heavy atom. The largest absolute Gasteiger partial charge is 0.391 e. The van der Waals surface area contributed by atoms with Gasteiger partial charge in [0.2, 0.25) is 23.1 Å². The van der Waals surface area contributed by atoms with Gasteiger partial charge in [-0.05, 0) is 62.3 Å². The number of aliphatic hydroxyl groups excluding tert-OH is 9. The molecule has 4 rings (SSSR count). The first kappa shape index (κ1) is 54.7. The number of aliphatic hydroxyl groups is 9. The average Bonchev–Trinajstić information content (AvgIpc) is 3.79. The van der Waals surface area contributed by atoms with Gasteiger partial charge in [0.1, 0.15) is 99.7 Å². The zero-order valence-corrected chi connectivity index (χ0v) is 38.0. The lowest BCUT2D eigenvalue weighted by molar-refractivity contribution is -0.354. The number of rotatable bonds is 23. The molecule has 16 atom stereocenters. The predicted octanol–water partition coefficient (Wildman–Crippen LogP) is -4.31. The minimum atomic E-state index is -2.47. The second kappa shape index (κ2) is 21.6. The summed E-state index contributed by atoms with van der Waals surface area (Å²) >= 11 is 0. The fraction of sp³-hybridized carbons (Fsp3) is 1.00. The summed E-state index contributed by atoms with van der Waals surface area (Å²) in [5.74, 6) is -8.82. The van der Waals surface area contributed by atoms with Crippen molar-refractivity contribution in [3.05, 3.63) is 0 Å². The van der Waals surface area contributed by atoms with Crippen LogP contribution < -0.4 is 11.5 Å². The van der Waals surface area contributed by atoms with E-state index in [1.54, 1.807) is 62.3 Å². The maximum Gasteiger partial charge on any atom is 0.222 e. The Hall–Kier alpha value is -0.920. The van der Waals surface area contributed by atoms with E-state index in [0.717, 1.165) is 0 Å². The van der Waals surface area contributed by atoms with Crippen LogP contribution in [0.15, 0.2) is 0 Å². The molecule has 0 saturated carbocycles. The maximum absolute atomic E-state index is 11.8. The van der Waals surface area contributed by atoms with E-state index in [2.05, 4.69) is 0 Å². The molecule has 4 aliphatic heterocycles. The summed E-state index contributed by atoms with van der Waals surface area (Å²) in [6.45, 7) is 11.0. The molecule has 4 heterocycles. The first-order valence-corrected chi connectivity index (χ1v) is 21.4. The Morgan fingerprint density at radius 2 is 0.889 bits per heavy atom. The lowest BCUT2D eigenvalue weighted by atomic mass is 10.0. The molecule has 23 nitrogen and oxygen atoms in total. The van der Waals surface area contributed by atoms with Gasteiger partial charge in [-0.25, -0.2) is 0 Å². The van der Waals surface area contributed by atoms with E-state index in [-0.39, 0.29) is 46.1 Å². The van der Waals surface area contributed by atoms with E-state index in [9.17, 15) is 46.0 Å². The zero-order chi connectivity index (χ0) is 47.4. The minimum absolute atomic E-state index is 0.0129. The molecular formula is C40H76N2O21. The van der Waals surface area contributed by atoms with Gasteiger partial charge in [0.05, 0.1) is 56.4 Å². The van der Waals surface area contributed by atoms with Gasteiger partial charge >= 0.3 is 0 Å². The normalized spacial score (nSPS) is 41.3. The average molecular weight is 921 g/mol. The summed E-state index contributed by atoms with van der Waals surface area (Å²) in [5.41, 5.74) is 9.09. The van der Waals surface area contributed by atoms with Gasteiger partial charge in [0.15, 0.2) is 0 Å². The van der Waals surface area contributed by atoms with Gasteiger partial charge in [-0.2, -0.15) is 0 Å². The molecule has 0 radical (unpaired) electrons. The summed E-state index contributed by atoms with van der Waals surface area (Å²) < 4.78 is 71.7. The topological polar surface area (TPSA) is 345 Å². The van der Waals surface area contributed by atoms with Crippen molar-refractivity contribution in [1.82, 2.24) is 0 Å². The lowest BCUT2D eigenvalue weighted by Gasteiger charge is -2.39. The number of hydrogen-bond donors (Lipinski definition) is 11. The van der Waals surface area contributed by atoms with Crippen LogP contribution in [0.4, 0.5) is 0 Å². The van der Waals surface area contributed by atoms with Crippen molar-refractivity contribution in [2.75, 3.05) is 79.2 Å². The van der Waals surface area contributed by atoms with E-state index in [1.165, 1.54) is 0 Å². The van der Waals surface area contributed by atoms with Crippen LogP contribution in [0.2, 0.25) is 0 Å². The molecular weight excluding hydrogens is 844 g/mol. The minimum Gasteiger partial charge on any atom is -0.391 e. The Kier molecular flexibility index (Phi) is 18.7. The van der Waals surface area contributed by atoms with Gasteiger partial charge in [-0.15, -0.1) is 0 Å². The second-order valence-electron chi connectivity index (χ2n) is 19.4. The highest BCUT2D eigenvalue weighted by Gasteiger charge is 2.64. The lowest BCUT2D eigenvalue weighted by Crippen LogP contribution is -2.57. The SMILES string of the molecule is CC(C)(C)OCC1OC(CO)(OCC2OC(COC3(CO)OC(COC(C)(C)C)C(O)C3OCCN)(OCC3OC(COCCN)(OC(C)(C)C)C(O)C3O)C(O)C2O)C(O)C1O. The van der Waals surface area contributed by atoms with Crippen LogP contribution in [0.3, 0.4) is 0 Å². The Morgan fingerprint density at radius 1 is 0.476 bits per heavy atom. The highest BCUT2D eigenvalue weighted by atomic mass is 16.8. The Balaban J connectivity index is 1.66. The summed E-state index contributed by atoms with van der Waals surface area (Å²) in [7, 11) is 0. The van der Waals surface area contributed by atoms with Crippen molar-refractivity contribution in [3.63, 3.8) is 0 Å². The molecule has 0 aromatic carbocycles. The Labute approximate surface area is 368 Å². The zero-order valence-electron chi connectivity index (χ0n) is 38.0. The Bertz CT molecular complexity index is 1400. The molecule has 372 valence electrons. The third kappa shape index (κ3) is 13.0. The van der Waals surface area contributed by atoms with Crippen LogP contribution in [0.25, 0.3) is 0 Å². The van der Waals surface area contributed by atoms with Crippen LogP contribution in [0.1, 0.15) is 62.3 Å². The van der Waals surface area contributed by atoms with Gasteiger partial charge < -0.3 is 114 Å². The molecule has 16 unspecified atom stereocenters. The number of nitrogens with two attached hydrogens (primary N) is 2. The predicted molar refractivity (Wildman–Crippen MR) is 215 cm³/mol. The number of hydrogen-bond acceptors (Lipinski definition) is 23. The number of ether oxygens (including phenoxy) is 12. The smallest absolute Gasteiger partial charge is 0.222 e. The third-order valence-corrected chi connectivity index (χ3v) is 10.8. The molecule has 13 N–H and O–H groups in total. The quantitative estimate of drug-likeness (QED) is 0.0432. The van der Waals surface area contributed by atoms with E-state index < -0.39 is 146 Å². The molecule has 4 aliphatic rings. The highest BCUT2D eigenvalue weighted by molar-refractivity contribution is 5.04. The van der Waals surface area contributed by atoms with E-state index in [0.29, 0.717) is 0 Å². The summed E-state index contributed by atoms with van der Waals surface area (Å²) in [6.07, 6.45) is -18.7. The molecule has 0 aromatic rings.